The van der Waals surface area contributed by atoms with Gasteiger partial charge >= 0.3 is 0 Å². The molecule has 0 saturated carbocycles. The Bertz CT molecular complexity index is 1160. The summed E-state index contributed by atoms with van der Waals surface area (Å²) in [6.45, 7) is 0.0434. The Morgan fingerprint density at radius 2 is 1.73 bits per heavy atom. The molecule has 0 fully saturated rings. The number of carbonyl (C=O) groups is 2. The fraction of sp³-hybridized carbons (Fsp3) is 0.130. The van der Waals surface area contributed by atoms with E-state index < -0.39 is 5.91 Å². The van der Waals surface area contributed by atoms with Crippen LogP contribution in [0.15, 0.2) is 54.6 Å². The van der Waals surface area contributed by atoms with Crippen LogP contribution in [0.4, 0.5) is 17.1 Å². The van der Waals surface area contributed by atoms with E-state index in [0.717, 1.165) is 22.4 Å². The molecule has 0 bridgehead atoms. The summed E-state index contributed by atoms with van der Waals surface area (Å²) in [5, 5.41) is 15.4. The van der Waals surface area contributed by atoms with Crippen LogP contribution in [0, 0.1) is 0 Å². The predicted octanol–water partition coefficient (Wildman–Crippen LogP) is 3.31. The molecule has 30 heavy (non-hydrogen) atoms. The van der Waals surface area contributed by atoms with E-state index in [1.165, 1.54) is 7.11 Å². The molecule has 152 valence electrons. The fourth-order valence-electron chi connectivity index (χ4n) is 3.52. The molecule has 3 aromatic rings. The number of aliphatic hydroxyl groups excluding tert-OH is 1. The SMILES string of the molecule is COc1cc(-c2ccc3c(c2)Nc2ccc(CCO)cc2NC3=O)ccc1C(N)=O. The van der Waals surface area contributed by atoms with Crippen LogP contribution in [0.25, 0.3) is 11.1 Å². The molecule has 0 spiro atoms. The van der Waals surface area contributed by atoms with Gasteiger partial charge in [-0.25, -0.2) is 0 Å². The first-order valence-electron chi connectivity index (χ1n) is 9.44. The molecule has 3 aromatic carbocycles. The van der Waals surface area contributed by atoms with Crippen molar-refractivity contribution in [3.63, 3.8) is 0 Å². The minimum Gasteiger partial charge on any atom is -0.496 e. The standard InChI is InChI=1S/C23H21N3O4/c1-30-21-12-15(4-6-17(21)22(24)28)14-3-5-16-19(11-14)25-18-7-2-13(8-9-27)10-20(18)26-23(16)29/h2-7,10-12,25,27H,8-9H2,1H3,(H2,24,28)(H,26,29). The second kappa shape index (κ2) is 7.88. The summed E-state index contributed by atoms with van der Waals surface area (Å²) in [5.74, 6) is -0.385. The van der Waals surface area contributed by atoms with Crippen molar-refractivity contribution in [3.8, 4) is 16.9 Å². The smallest absolute Gasteiger partial charge is 0.257 e. The summed E-state index contributed by atoms with van der Waals surface area (Å²) >= 11 is 0. The van der Waals surface area contributed by atoms with Crippen LogP contribution >= 0.6 is 0 Å². The van der Waals surface area contributed by atoms with Gasteiger partial charge in [0.2, 0.25) is 0 Å². The summed E-state index contributed by atoms with van der Waals surface area (Å²) in [7, 11) is 1.48. The lowest BCUT2D eigenvalue weighted by molar-refractivity contribution is 0.0995. The van der Waals surface area contributed by atoms with Crippen molar-refractivity contribution in [3.05, 3.63) is 71.3 Å². The number of anilines is 3. The zero-order chi connectivity index (χ0) is 21.3. The topological polar surface area (TPSA) is 114 Å². The lowest BCUT2D eigenvalue weighted by Gasteiger charge is -2.12. The molecular formula is C23H21N3O4. The number of fused-ring (bicyclic) bond motifs is 2. The normalized spacial score (nSPS) is 12.1. The minimum atomic E-state index is -0.559. The third kappa shape index (κ3) is 3.58. The van der Waals surface area contributed by atoms with Crippen molar-refractivity contribution in [2.45, 2.75) is 6.42 Å². The van der Waals surface area contributed by atoms with Crippen LogP contribution in [0.3, 0.4) is 0 Å². The van der Waals surface area contributed by atoms with Crippen LogP contribution in [0.2, 0.25) is 0 Å². The number of carbonyl (C=O) groups excluding carboxylic acids is 2. The van der Waals surface area contributed by atoms with E-state index in [9.17, 15) is 9.59 Å². The summed E-state index contributed by atoms with van der Waals surface area (Å²) < 4.78 is 5.30. The second-order valence-corrected chi connectivity index (χ2v) is 6.97. The fourth-order valence-corrected chi connectivity index (χ4v) is 3.52. The molecule has 1 aliphatic rings. The van der Waals surface area contributed by atoms with Gasteiger partial charge in [-0.2, -0.15) is 0 Å². The van der Waals surface area contributed by atoms with Crippen LogP contribution in [-0.2, 0) is 6.42 Å². The van der Waals surface area contributed by atoms with Gasteiger partial charge in [0, 0.05) is 6.61 Å². The molecule has 0 radical (unpaired) electrons. The maximum absolute atomic E-state index is 12.7. The van der Waals surface area contributed by atoms with E-state index in [2.05, 4.69) is 10.6 Å². The van der Waals surface area contributed by atoms with Gasteiger partial charge in [0.25, 0.3) is 11.8 Å². The van der Waals surface area contributed by atoms with Crippen molar-refractivity contribution in [1.82, 2.24) is 0 Å². The molecule has 0 aromatic heterocycles. The number of amides is 2. The van der Waals surface area contributed by atoms with Gasteiger partial charge in [0.15, 0.2) is 0 Å². The minimum absolute atomic E-state index is 0.0434. The summed E-state index contributed by atoms with van der Waals surface area (Å²) in [6.07, 6.45) is 0.517. The molecule has 7 heteroatoms. The number of hydrogen-bond donors (Lipinski definition) is 4. The van der Waals surface area contributed by atoms with E-state index in [-0.39, 0.29) is 12.5 Å². The molecule has 1 heterocycles. The van der Waals surface area contributed by atoms with Gasteiger partial charge in [0.1, 0.15) is 5.75 Å². The van der Waals surface area contributed by atoms with Gasteiger partial charge in [-0.05, 0) is 59.5 Å². The van der Waals surface area contributed by atoms with Crippen molar-refractivity contribution >= 4 is 28.9 Å². The lowest BCUT2D eigenvalue weighted by Crippen LogP contribution is -2.12. The average molecular weight is 403 g/mol. The maximum Gasteiger partial charge on any atom is 0.257 e. The van der Waals surface area contributed by atoms with Crippen molar-refractivity contribution in [2.24, 2.45) is 5.73 Å². The Labute approximate surface area is 173 Å². The number of benzene rings is 3. The van der Waals surface area contributed by atoms with Crippen molar-refractivity contribution in [1.29, 1.82) is 0 Å². The zero-order valence-electron chi connectivity index (χ0n) is 16.4. The number of ether oxygens (including phenoxy) is 1. The van der Waals surface area contributed by atoms with Gasteiger partial charge < -0.3 is 26.2 Å². The van der Waals surface area contributed by atoms with E-state index in [1.807, 2.05) is 30.3 Å². The van der Waals surface area contributed by atoms with Crippen LogP contribution < -0.4 is 21.1 Å². The van der Waals surface area contributed by atoms with Gasteiger partial charge in [0.05, 0.1) is 35.3 Å². The Morgan fingerprint density at radius 1 is 0.967 bits per heavy atom. The summed E-state index contributed by atoms with van der Waals surface area (Å²) in [6, 6.07) is 16.3. The highest BCUT2D eigenvalue weighted by molar-refractivity contribution is 6.12. The van der Waals surface area contributed by atoms with Crippen LogP contribution in [0.1, 0.15) is 26.3 Å². The van der Waals surface area contributed by atoms with Gasteiger partial charge in [-0.1, -0.05) is 18.2 Å². The van der Waals surface area contributed by atoms with E-state index in [4.69, 9.17) is 15.6 Å². The van der Waals surface area contributed by atoms with E-state index in [0.29, 0.717) is 34.7 Å². The Kier molecular flexibility index (Phi) is 5.12. The van der Waals surface area contributed by atoms with E-state index in [1.54, 1.807) is 24.3 Å². The average Bonchev–Trinajstić information content (AvgIpc) is 2.88. The molecular weight excluding hydrogens is 382 g/mol. The molecule has 0 atom stereocenters. The number of nitrogens with two attached hydrogens (primary N) is 1. The highest BCUT2D eigenvalue weighted by Crippen LogP contribution is 2.36. The van der Waals surface area contributed by atoms with Crippen molar-refractivity contribution < 1.29 is 19.4 Å². The highest BCUT2D eigenvalue weighted by atomic mass is 16.5. The number of nitrogens with one attached hydrogen (secondary N) is 2. The quantitative estimate of drug-likeness (QED) is 0.522. The molecule has 4 rings (SSSR count). The molecule has 5 N–H and O–H groups in total. The van der Waals surface area contributed by atoms with Crippen LogP contribution in [0.5, 0.6) is 5.75 Å². The number of methoxy groups -OCH3 is 1. The first kappa shape index (κ1) is 19.5. The zero-order valence-corrected chi connectivity index (χ0v) is 16.4. The first-order chi connectivity index (χ1) is 14.5. The Hall–Kier alpha value is -3.84. The molecule has 0 unspecified atom stereocenters. The Morgan fingerprint density at radius 3 is 2.47 bits per heavy atom. The maximum atomic E-state index is 12.7. The summed E-state index contributed by atoms with van der Waals surface area (Å²) in [5.41, 5.74) is 10.9. The monoisotopic (exact) mass is 403 g/mol. The van der Waals surface area contributed by atoms with Crippen molar-refractivity contribution in [2.75, 3.05) is 24.4 Å². The molecule has 0 saturated heterocycles. The second-order valence-electron chi connectivity index (χ2n) is 6.97. The third-order valence-corrected chi connectivity index (χ3v) is 5.07. The largest absolute Gasteiger partial charge is 0.496 e. The lowest BCUT2D eigenvalue weighted by atomic mass is 10.00. The predicted molar refractivity (Wildman–Crippen MR) is 115 cm³/mol. The Balaban J connectivity index is 1.74. The summed E-state index contributed by atoms with van der Waals surface area (Å²) in [4.78, 5) is 24.3. The number of primary amides is 1. The third-order valence-electron chi connectivity index (χ3n) is 5.07. The number of hydrogen-bond acceptors (Lipinski definition) is 5. The van der Waals surface area contributed by atoms with Crippen LogP contribution in [-0.4, -0.2) is 30.6 Å². The molecule has 0 aliphatic carbocycles. The van der Waals surface area contributed by atoms with Gasteiger partial charge in [-0.15, -0.1) is 0 Å². The number of rotatable bonds is 5. The number of aliphatic hydroxyl groups is 1. The molecule has 2 amide bonds. The van der Waals surface area contributed by atoms with E-state index >= 15 is 0 Å². The van der Waals surface area contributed by atoms with Gasteiger partial charge in [-0.3, -0.25) is 9.59 Å². The molecule has 7 nitrogen and oxygen atoms in total. The first-order valence-corrected chi connectivity index (χ1v) is 9.44. The highest BCUT2D eigenvalue weighted by Gasteiger charge is 2.20. The molecule has 1 aliphatic heterocycles.